The predicted molar refractivity (Wildman–Crippen MR) is 83.6 cm³/mol. The van der Waals surface area contributed by atoms with Gasteiger partial charge in [-0.25, -0.2) is 0 Å². The summed E-state index contributed by atoms with van der Waals surface area (Å²) in [5, 5.41) is 18.7. The predicted octanol–water partition coefficient (Wildman–Crippen LogP) is 3.73. The number of benzene rings is 1. The molecule has 0 aromatic heterocycles. The third kappa shape index (κ3) is 4.09. The largest absolute Gasteiger partial charge is 0.460 e. The maximum atomic E-state index is 12.4. The molecule has 2 atom stereocenters. The quantitative estimate of drug-likeness (QED) is 0.776. The Morgan fingerprint density at radius 1 is 1.23 bits per heavy atom. The molecule has 1 aromatic carbocycles. The molecular weight excluding hydrogens is 276 g/mol. The van der Waals surface area contributed by atoms with E-state index in [9.17, 15) is 10.1 Å². The van der Waals surface area contributed by atoms with Gasteiger partial charge in [0.1, 0.15) is 5.60 Å². The second-order valence-corrected chi connectivity index (χ2v) is 6.36. The van der Waals surface area contributed by atoms with Crippen molar-refractivity contribution in [2.24, 2.45) is 5.92 Å². The van der Waals surface area contributed by atoms with E-state index >= 15 is 0 Å². The highest BCUT2D eigenvalue weighted by Crippen LogP contribution is 2.37. The minimum atomic E-state index is -1.06. The van der Waals surface area contributed by atoms with Gasteiger partial charge < -0.3 is 4.74 Å². The first-order chi connectivity index (χ1) is 10.3. The molecule has 0 aliphatic heterocycles. The zero-order chi connectivity index (χ0) is 16.8. The number of nitrogens with zero attached hydrogens (tertiary/aromatic N) is 2. The summed E-state index contributed by atoms with van der Waals surface area (Å²) in [5.74, 6) is -1.08. The Morgan fingerprint density at radius 2 is 1.82 bits per heavy atom. The first-order valence-electron chi connectivity index (χ1n) is 7.33. The van der Waals surface area contributed by atoms with Gasteiger partial charge in [0, 0.05) is 6.42 Å². The van der Waals surface area contributed by atoms with Gasteiger partial charge in [-0.3, -0.25) is 4.79 Å². The van der Waals surface area contributed by atoms with Crippen LogP contribution in [0.2, 0.25) is 0 Å². The van der Waals surface area contributed by atoms with Crippen molar-refractivity contribution in [2.75, 3.05) is 0 Å². The van der Waals surface area contributed by atoms with Gasteiger partial charge in [-0.2, -0.15) is 10.5 Å². The fraction of sp³-hybridized carbons (Fsp3) is 0.500. The van der Waals surface area contributed by atoms with Crippen molar-refractivity contribution >= 4 is 5.97 Å². The number of hydrogen-bond donors (Lipinski definition) is 0. The number of carbonyl (C=O) groups excluding carboxylic acids is 1. The molecule has 0 N–H and O–H groups in total. The van der Waals surface area contributed by atoms with Gasteiger partial charge in [-0.1, -0.05) is 37.3 Å². The number of nitriles is 2. The van der Waals surface area contributed by atoms with Gasteiger partial charge in [0.25, 0.3) is 0 Å². The summed E-state index contributed by atoms with van der Waals surface area (Å²) >= 11 is 0. The van der Waals surface area contributed by atoms with Crippen LogP contribution in [0.25, 0.3) is 0 Å². The lowest BCUT2D eigenvalue weighted by Crippen LogP contribution is -2.40. The second-order valence-electron chi connectivity index (χ2n) is 6.36. The van der Waals surface area contributed by atoms with Crippen LogP contribution in [-0.4, -0.2) is 11.6 Å². The first-order valence-corrected chi connectivity index (χ1v) is 7.33. The van der Waals surface area contributed by atoms with Crippen molar-refractivity contribution < 1.29 is 9.53 Å². The van der Waals surface area contributed by atoms with E-state index in [1.165, 1.54) is 0 Å². The third-order valence-corrected chi connectivity index (χ3v) is 3.62. The van der Waals surface area contributed by atoms with E-state index in [4.69, 9.17) is 10.00 Å². The molecule has 22 heavy (non-hydrogen) atoms. The van der Waals surface area contributed by atoms with Crippen molar-refractivity contribution in [1.82, 2.24) is 0 Å². The maximum absolute atomic E-state index is 12.4. The maximum Gasteiger partial charge on any atom is 0.311 e. The van der Waals surface area contributed by atoms with Crippen LogP contribution < -0.4 is 0 Å². The Morgan fingerprint density at radius 3 is 2.27 bits per heavy atom. The lowest BCUT2D eigenvalue weighted by molar-refractivity contribution is -0.161. The Balaban J connectivity index is 3.24. The average Bonchev–Trinajstić information content (AvgIpc) is 2.47. The van der Waals surface area contributed by atoms with Gasteiger partial charge in [0.2, 0.25) is 0 Å². The van der Waals surface area contributed by atoms with E-state index in [-0.39, 0.29) is 6.42 Å². The summed E-state index contributed by atoms with van der Waals surface area (Å²) in [6, 6.07) is 13.5. The van der Waals surface area contributed by atoms with Crippen LogP contribution in [0.5, 0.6) is 0 Å². The van der Waals surface area contributed by atoms with Gasteiger partial charge in [-0.15, -0.1) is 0 Å². The summed E-state index contributed by atoms with van der Waals surface area (Å²) in [6.45, 7) is 7.08. The molecule has 0 heterocycles. The molecule has 1 rings (SSSR count). The normalized spacial score (nSPS) is 15.0. The highest BCUT2D eigenvalue weighted by Gasteiger charge is 2.43. The van der Waals surface area contributed by atoms with Crippen LogP contribution in [0, 0.1) is 28.6 Å². The molecule has 0 radical (unpaired) electrons. The fourth-order valence-corrected chi connectivity index (χ4v) is 2.41. The number of esters is 1. The zero-order valence-corrected chi connectivity index (χ0v) is 13.6. The Bertz CT molecular complexity index is 590. The van der Waals surface area contributed by atoms with Crippen LogP contribution in [0.1, 0.15) is 46.1 Å². The van der Waals surface area contributed by atoms with Crippen molar-refractivity contribution in [1.29, 1.82) is 10.5 Å². The molecule has 0 amide bonds. The number of rotatable bonds is 5. The molecule has 4 nitrogen and oxygen atoms in total. The highest BCUT2D eigenvalue weighted by molar-refractivity contribution is 5.75. The minimum Gasteiger partial charge on any atom is -0.460 e. The van der Waals surface area contributed by atoms with Gasteiger partial charge in [0.05, 0.1) is 23.5 Å². The molecule has 116 valence electrons. The van der Waals surface area contributed by atoms with Crippen LogP contribution in [-0.2, 0) is 14.9 Å². The smallest absolute Gasteiger partial charge is 0.311 e. The summed E-state index contributed by atoms with van der Waals surface area (Å²) in [6.07, 6.45) is 0.500. The number of carbonyl (C=O) groups is 1. The summed E-state index contributed by atoms with van der Waals surface area (Å²) in [5.41, 5.74) is -0.927. The molecule has 4 heteroatoms. The molecule has 1 aromatic rings. The van der Waals surface area contributed by atoms with E-state index < -0.39 is 22.9 Å². The Kier molecular flexibility index (Phi) is 5.71. The topological polar surface area (TPSA) is 73.9 Å². The van der Waals surface area contributed by atoms with Crippen molar-refractivity contribution in [3.05, 3.63) is 35.9 Å². The molecule has 0 spiro atoms. The van der Waals surface area contributed by atoms with E-state index in [2.05, 4.69) is 12.1 Å². The lowest BCUT2D eigenvalue weighted by atomic mass is 9.69. The molecule has 2 unspecified atom stereocenters. The average molecular weight is 298 g/mol. The monoisotopic (exact) mass is 298 g/mol. The molecular formula is C18H22N2O2. The van der Waals surface area contributed by atoms with E-state index in [0.29, 0.717) is 6.42 Å². The van der Waals surface area contributed by atoms with E-state index in [1.807, 2.05) is 30.3 Å². The lowest BCUT2D eigenvalue weighted by Gasteiger charge is -2.33. The minimum absolute atomic E-state index is 0.204. The van der Waals surface area contributed by atoms with E-state index in [1.54, 1.807) is 27.7 Å². The molecule has 0 fully saturated rings. The number of ether oxygens (including phenoxy) is 1. The highest BCUT2D eigenvalue weighted by atomic mass is 16.6. The molecule has 0 saturated heterocycles. The third-order valence-electron chi connectivity index (χ3n) is 3.62. The summed E-state index contributed by atoms with van der Waals surface area (Å²) in [7, 11) is 0. The van der Waals surface area contributed by atoms with Crippen molar-refractivity contribution in [3.63, 3.8) is 0 Å². The van der Waals surface area contributed by atoms with Crippen molar-refractivity contribution in [2.45, 2.75) is 51.6 Å². The summed E-state index contributed by atoms with van der Waals surface area (Å²) < 4.78 is 5.44. The molecule has 0 aliphatic carbocycles. The van der Waals surface area contributed by atoms with Crippen molar-refractivity contribution in [3.8, 4) is 12.1 Å². The van der Waals surface area contributed by atoms with E-state index in [0.717, 1.165) is 5.56 Å². The fourth-order valence-electron chi connectivity index (χ4n) is 2.41. The van der Waals surface area contributed by atoms with Crippen LogP contribution in [0.3, 0.4) is 0 Å². The zero-order valence-electron chi connectivity index (χ0n) is 13.6. The first kappa shape index (κ1) is 17.7. The van der Waals surface area contributed by atoms with Gasteiger partial charge in [-0.05, 0) is 32.8 Å². The van der Waals surface area contributed by atoms with Crippen LogP contribution >= 0.6 is 0 Å². The Labute approximate surface area is 132 Å². The van der Waals surface area contributed by atoms with Gasteiger partial charge in [0.15, 0.2) is 0 Å². The standard InChI is InChI=1S/C18H22N2O2/c1-14(16(21)22-17(2,3)4)18(13-20,11-8-12-19)15-9-6-5-7-10-15/h5-7,9-10,14H,8,11H2,1-4H3. The molecule has 0 bridgehead atoms. The van der Waals surface area contributed by atoms with Gasteiger partial charge >= 0.3 is 5.97 Å². The second kappa shape index (κ2) is 7.09. The number of hydrogen-bond acceptors (Lipinski definition) is 4. The molecule has 0 saturated carbocycles. The summed E-state index contributed by atoms with van der Waals surface area (Å²) in [4.78, 5) is 12.4. The Hall–Kier alpha value is -2.33. The SMILES string of the molecule is CC(C(=O)OC(C)(C)C)C(C#N)(CCC#N)c1ccccc1. The molecule has 0 aliphatic rings. The van der Waals surface area contributed by atoms with Crippen LogP contribution in [0.15, 0.2) is 30.3 Å². The van der Waals surface area contributed by atoms with Crippen LogP contribution in [0.4, 0.5) is 0 Å².